The summed E-state index contributed by atoms with van der Waals surface area (Å²) >= 11 is 0. The molecule has 0 fully saturated rings. The number of rotatable bonds is 8. The maximum Gasteiger partial charge on any atom is 0.317 e. The van der Waals surface area contributed by atoms with Crippen molar-refractivity contribution in [3.05, 3.63) is 35.9 Å². The average molecular weight is 296 g/mol. The molecule has 5 N–H and O–H groups in total. The third-order valence-electron chi connectivity index (χ3n) is 3.24. The lowest BCUT2D eigenvalue weighted by atomic mass is 9.94. The zero-order valence-corrected chi connectivity index (χ0v) is 11.8. The molecule has 7 heteroatoms. The van der Waals surface area contributed by atoms with E-state index < -0.39 is 36.8 Å². The first-order valence-corrected chi connectivity index (χ1v) is 6.46. The van der Waals surface area contributed by atoms with Crippen molar-refractivity contribution < 1.29 is 24.9 Å². The van der Waals surface area contributed by atoms with Gasteiger partial charge in [-0.1, -0.05) is 30.3 Å². The van der Waals surface area contributed by atoms with E-state index in [0.717, 1.165) is 10.5 Å². The van der Waals surface area contributed by atoms with E-state index in [4.69, 9.17) is 15.9 Å². The average Bonchev–Trinajstić information content (AvgIpc) is 2.37. The summed E-state index contributed by atoms with van der Waals surface area (Å²) in [5, 5.41) is 28.6. The van der Waals surface area contributed by atoms with Crippen LogP contribution < -0.4 is 5.73 Å². The monoisotopic (exact) mass is 296 g/mol. The Balaban J connectivity index is 3.08. The standard InChI is InChI=1S/C14H20N2O5/c1-10(15)14(21,7-11-5-3-2-4-6-11)16(8-12(17)18)9-13(19)20/h2-6,10,21H,7-9,15H2,1H3,(H,17,18)(H,19,20). The molecule has 0 aliphatic rings. The van der Waals surface area contributed by atoms with Crippen molar-refractivity contribution in [2.24, 2.45) is 5.73 Å². The summed E-state index contributed by atoms with van der Waals surface area (Å²) in [4.78, 5) is 22.8. The van der Waals surface area contributed by atoms with E-state index in [9.17, 15) is 14.7 Å². The molecule has 0 bridgehead atoms. The highest BCUT2D eigenvalue weighted by molar-refractivity contribution is 5.72. The van der Waals surface area contributed by atoms with Crippen LogP contribution in [0, 0.1) is 0 Å². The van der Waals surface area contributed by atoms with Crippen LogP contribution in [0.25, 0.3) is 0 Å². The topological polar surface area (TPSA) is 124 Å². The van der Waals surface area contributed by atoms with Gasteiger partial charge in [0, 0.05) is 12.5 Å². The fourth-order valence-electron chi connectivity index (χ4n) is 2.11. The van der Waals surface area contributed by atoms with Gasteiger partial charge in [0.05, 0.1) is 13.1 Å². The Labute approximate surface area is 122 Å². The van der Waals surface area contributed by atoms with E-state index in [1.165, 1.54) is 6.92 Å². The van der Waals surface area contributed by atoms with Crippen LogP contribution in [0.3, 0.4) is 0 Å². The minimum absolute atomic E-state index is 0.0338. The van der Waals surface area contributed by atoms with Gasteiger partial charge in [0.1, 0.15) is 5.72 Å². The third-order valence-corrected chi connectivity index (χ3v) is 3.24. The van der Waals surface area contributed by atoms with E-state index in [1.54, 1.807) is 30.3 Å². The molecule has 0 aromatic heterocycles. The van der Waals surface area contributed by atoms with Gasteiger partial charge in [-0.3, -0.25) is 14.5 Å². The summed E-state index contributed by atoms with van der Waals surface area (Å²) < 4.78 is 0. The van der Waals surface area contributed by atoms with Crippen molar-refractivity contribution in [1.29, 1.82) is 0 Å². The number of benzene rings is 1. The molecule has 0 aliphatic carbocycles. The van der Waals surface area contributed by atoms with Crippen LogP contribution in [-0.4, -0.2) is 57.0 Å². The number of aliphatic carboxylic acids is 2. The molecule has 7 nitrogen and oxygen atoms in total. The maximum absolute atomic E-state index is 10.9. The Bertz CT molecular complexity index is 475. The molecule has 1 aromatic rings. The molecule has 0 aliphatic heterocycles. The van der Waals surface area contributed by atoms with Crippen molar-refractivity contribution in [2.45, 2.75) is 25.1 Å². The molecule has 1 rings (SSSR count). The van der Waals surface area contributed by atoms with Crippen LogP contribution in [0.5, 0.6) is 0 Å². The van der Waals surface area contributed by atoms with Gasteiger partial charge >= 0.3 is 11.9 Å². The quantitative estimate of drug-likeness (QED) is 0.487. The van der Waals surface area contributed by atoms with Gasteiger partial charge in [-0.15, -0.1) is 0 Å². The number of carbonyl (C=O) groups is 2. The Kier molecular flexibility index (Phi) is 5.83. The minimum atomic E-state index is -1.77. The first kappa shape index (κ1) is 17.1. The zero-order valence-electron chi connectivity index (χ0n) is 11.8. The lowest BCUT2D eigenvalue weighted by Gasteiger charge is -2.41. The number of nitrogens with two attached hydrogens (primary N) is 1. The highest BCUT2D eigenvalue weighted by atomic mass is 16.4. The van der Waals surface area contributed by atoms with Gasteiger partial charge in [-0.05, 0) is 12.5 Å². The van der Waals surface area contributed by atoms with E-state index in [0.29, 0.717) is 0 Å². The highest BCUT2D eigenvalue weighted by Gasteiger charge is 2.40. The number of hydrogen-bond acceptors (Lipinski definition) is 5. The molecule has 116 valence electrons. The van der Waals surface area contributed by atoms with Crippen LogP contribution in [0.1, 0.15) is 12.5 Å². The third kappa shape index (κ3) is 4.82. The van der Waals surface area contributed by atoms with Gasteiger partial charge in [-0.25, -0.2) is 0 Å². The van der Waals surface area contributed by atoms with Crippen molar-refractivity contribution in [1.82, 2.24) is 4.90 Å². The van der Waals surface area contributed by atoms with Gasteiger partial charge in [0.2, 0.25) is 0 Å². The summed E-state index contributed by atoms with van der Waals surface area (Å²) in [5.74, 6) is -2.47. The molecule has 0 amide bonds. The normalized spacial score (nSPS) is 15.4. The van der Waals surface area contributed by atoms with E-state index in [2.05, 4.69) is 0 Å². The number of carboxylic acids is 2. The number of carboxylic acid groups (broad SMARTS) is 2. The molecule has 0 saturated heterocycles. The Hall–Kier alpha value is -1.96. The largest absolute Gasteiger partial charge is 0.480 e. The molecule has 1 aromatic carbocycles. The van der Waals surface area contributed by atoms with Gasteiger partial charge in [0.25, 0.3) is 0 Å². The van der Waals surface area contributed by atoms with Crippen molar-refractivity contribution >= 4 is 11.9 Å². The molecule has 0 radical (unpaired) electrons. The second-order valence-electron chi connectivity index (χ2n) is 4.97. The Morgan fingerprint density at radius 2 is 1.67 bits per heavy atom. The van der Waals surface area contributed by atoms with Crippen LogP contribution in [0.15, 0.2) is 30.3 Å². The van der Waals surface area contributed by atoms with Crippen LogP contribution in [0.2, 0.25) is 0 Å². The Morgan fingerprint density at radius 3 is 2.05 bits per heavy atom. The molecule has 0 spiro atoms. The number of nitrogens with zero attached hydrogens (tertiary/aromatic N) is 1. The van der Waals surface area contributed by atoms with Crippen LogP contribution in [0.4, 0.5) is 0 Å². The van der Waals surface area contributed by atoms with E-state index in [-0.39, 0.29) is 6.42 Å². The number of hydrogen-bond donors (Lipinski definition) is 4. The summed E-state index contributed by atoms with van der Waals surface area (Å²) in [6, 6.07) is 8.03. The van der Waals surface area contributed by atoms with Gasteiger partial charge in [0.15, 0.2) is 0 Å². The predicted octanol–water partition coefficient (Wildman–Crippen LogP) is -0.264. The summed E-state index contributed by atoms with van der Waals surface area (Å²) in [5.41, 5.74) is 4.76. The molecular weight excluding hydrogens is 276 g/mol. The van der Waals surface area contributed by atoms with Crippen molar-refractivity contribution in [3.8, 4) is 0 Å². The predicted molar refractivity (Wildman–Crippen MR) is 75.6 cm³/mol. The molecule has 2 atom stereocenters. The minimum Gasteiger partial charge on any atom is -0.480 e. The molecule has 0 heterocycles. The fraction of sp³-hybridized carbons (Fsp3) is 0.429. The maximum atomic E-state index is 10.9. The van der Waals surface area contributed by atoms with Crippen LogP contribution in [-0.2, 0) is 16.0 Å². The smallest absolute Gasteiger partial charge is 0.317 e. The Morgan fingerprint density at radius 1 is 1.19 bits per heavy atom. The van der Waals surface area contributed by atoms with E-state index >= 15 is 0 Å². The van der Waals surface area contributed by atoms with E-state index in [1.807, 2.05) is 0 Å². The first-order valence-electron chi connectivity index (χ1n) is 6.46. The summed E-state index contributed by atoms with van der Waals surface area (Å²) in [6.45, 7) is 0.286. The lowest BCUT2D eigenvalue weighted by molar-refractivity contribution is -0.164. The zero-order chi connectivity index (χ0) is 16.0. The summed E-state index contributed by atoms with van der Waals surface area (Å²) in [6.07, 6.45) is 0.0338. The highest BCUT2D eigenvalue weighted by Crippen LogP contribution is 2.21. The lowest BCUT2D eigenvalue weighted by Crippen LogP contribution is -2.62. The second-order valence-corrected chi connectivity index (χ2v) is 4.97. The second kappa shape index (κ2) is 7.16. The van der Waals surface area contributed by atoms with Crippen molar-refractivity contribution in [3.63, 3.8) is 0 Å². The van der Waals surface area contributed by atoms with Gasteiger partial charge < -0.3 is 21.1 Å². The SMILES string of the molecule is CC(N)C(O)(Cc1ccccc1)N(CC(=O)O)CC(=O)O. The van der Waals surface area contributed by atoms with Gasteiger partial charge in [-0.2, -0.15) is 0 Å². The molecular formula is C14H20N2O5. The van der Waals surface area contributed by atoms with Crippen LogP contribution >= 0.6 is 0 Å². The van der Waals surface area contributed by atoms with Crippen molar-refractivity contribution in [2.75, 3.05) is 13.1 Å². The molecule has 2 unspecified atom stereocenters. The first-order chi connectivity index (χ1) is 9.75. The molecule has 21 heavy (non-hydrogen) atoms. The number of aliphatic hydroxyl groups is 1. The summed E-state index contributed by atoms with van der Waals surface area (Å²) in [7, 11) is 0. The molecule has 0 saturated carbocycles. The fourth-order valence-corrected chi connectivity index (χ4v) is 2.11.